The largest absolute Gasteiger partial charge is 0.481 e. The Hall–Kier alpha value is -1.67. The molecule has 6 N–H and O–H groups in total. The van der Waals surface area contributed by atoms with Crippen molar-refractivity contribution in [2.45, 2.75) is 134 Å². The Labute approximate surface area is 247 Å². The third kappa shape index (κ3) is 11.2. The summed E-state index contributed by atoms with van der Waals surface area (Å²) in [6, 6.07) is 2.06. The first kappa shape index (κ1) is 33.8. The van der Waals surface area contributed by atoms with E-state index >= 15 is 0 Å². The molecule has 7 heteroatoms. The topological polar surface area (TPSA) is 134 Å². The van der Waals surface area contributed by atoms with Crippen LogP contribution in [0.1, 0.15) is 115 Å². The summed E-state index contributed by atoms with van der Waals surface area (Å²) < 4.78 is 0. The molecule has 1 aromatic rings. The molecule has 0 bridgehead atoms. The number of aromatic amines is 1. The number of allylic oxidation sites excluding steroid dienone is 1. The Bertz CT molecular complexity index is 888. The number of H-pyrrole nitrogens is 1. The second-order valence-corrected chi connectivity index (χ2v) is 13.2. The zero-order valence-corrected chi connectivity index (χ0v) is 25.3. The minimum Gasteiger partial charge on any atom is -0.481 e. The van der Waals surface area contributed by atoms with Crippen molar-refractivity contribution in [1.29, 1.82) is 0 Å². The van der Waals surface area contributed by atoms with Gasteiger partial charge in [-0.15, -0.1) is 0 Å². The van der Waals surface area contributed by atoms with Crippen molar-refractivity contribution in [3.05, 3.63) is 36.2 Å². The fourth-order valence-electron chi connectivity index (χ4n) is 7.49. The van der Waals surface area contributed by atoms with E-state index in [1.807, 2.05) is 12.4 Å². The molecule has 1 fully saturated rings. The maximum Gasteiger partial charge on any atom is 0.309 e. The SMILES string of the molecule is CCCCCC1C=CC(CCCCCC(C(=O)O)C(O)CCC2(O)CC(CCCO)C(Cc3cc[nH]c3)C2)C(O)C1. The first-order valence-electron chi connectivity index (χ1n) is 16.5. The van der Waals surface area contributed by atoms with E-state index in [9.17, 15) is 30.3 Å². The molecule has 1 aromatic heterocycles. The third-order valence-corrected chi connectivity index (χ3v) is 9.93. The van der Waals surface area contributed by atoms with Crippen LogP contribution in [-0.2, 0) is 11.2 Å². The number of aliphatic hydroxyl groups excluding tert-OH is 3. The Morgan fingerprint density at radius 2 is 1.80 bits per heavy atom. The van der Waals surface area contributed by atoms with Crippen LogP contribution in [0, 0.1) is 29.6 Å². The Balaban J connectivity index is 1.40. The highest BCUT2D eigenvalue weighted by Crippen LogP contribution is 2.46. The number of carboxylic acid groups (broad SMARTS) is 1. The molecule has 0 aliphatic heterocycles. The second-order valence-electron chi connectivity index (χ2n) is 13.2. The minimum absolute atomic E-state index is 0.141. The number of nitrogens with one attached hydrogen (secondary N) is 1. The van der Waals surface area contributed by atoms with E-state index in [0.29, 0.717) is 49.9 Å². The van der Waals surface area contributed by atoms with Crippen LogP contribution in [0.15, 0.2) is 30.6 Å². The molecule has 0 amide bonds. The van der Waals surface area contributed by atoms with Crippen molar-refractivity contribution in [1.82, 2.24) is 4.98 Å². The lowest BCUT2D eigenvalue weighted by Crippen LogP contribution is -2.32. The molecule has 2 aliphatic rings. The molecule has 2 aliphatic carbocycles. The number of rotatable bonds is 20. The molecule has 0 spiro atoms. The number of unbranched alkanes of at least 4 members (excludes halogenated alkanes) is 4. The summed E-state index contributed by atoms with van der Waals surface area (Å²) >= 11 is 0. The van der Waals surface area contributed by atoms with Crippen LogP contribution in [0.2, 0.25) is 0 Å². The Morgan fingerprint density at radius 1 is 1.02 bits per heavy atom. The Kier molecular flexibility index (Phi) is 14.4. The molecular formula is C34H57NO6. The lowest BCUT2D eigenvalue weighted by Gasteiger charge is -2.28. The standard InChI is InChI=1S/C34H57NO6/c1-2-3-5-9-25-13-14-27(32(38)21-25)10-6-4-7-12-30(33(39)40)31(37)15-17-34(41)22-28(11-8-19-36)29(23-34)20-26-16-18-35-24-26/h13-14,16,18,24-25,27-32,35-38,41H,2-12,15,17,19-23H2,1H3,(H,39,40). The van der Waals surface area contributed by atoms with Gasteiger partial charge in [-0.05, 0) is 100 Å². The van der Waals surface area contributed by atoms with Crippen LogP contribution < -0.4 is 0 Å². The van der Waals surface area contributed by atoms with Crippen molar-refractivity contribution in [2.75, 3.05) is 6.61 Å². The summed E-state index contributed by atoms with van der Waals surface area (Å²) in [6.07, 6.45) is 21.1. The highest BCUT2D eigenvalue weighted by atomic mass is 16.4. The van der Waals surface area contributed by atoms with Crippen LogP contribution in [-0.4, -0.2) is 60.9 Å². The van der Waals surface area contributed by atoms with Gasteiger partial charge < -0.3 is 30.5 Å². The van der Waals surface area contributed by atoms with Crippen LogP contribution in [0.3, 0.4) is 0 Å². The molecule has 234 valence electrons. The van der Waals surface area contributed by atoms with Crippen molar-refractivity contribution in [2.24, 2.45) is 29.6 Å². The first-order valence-corrected chi connectivity index (χ1v) is 16.5. The number of aliphatic hydroxyl groups is 4. The summed E-state index contributed by atoms with van der Waals surface area (Å²) in [5.41, 5.74) is 0.300. The molecule has 41 heavy (non-hydrogen) atoms. The second kappa shape index (κ2) is 17.4. The maximum absolute atomic E-state index is 12.0. The number of carbonyl (C=O) groups is 1. The smallest absolute Gasteiger partial charge is 0.309 e. The molecule has 0 saturated heterocycles. The van der Waals surface area contributed by atoms with Gasteiger partial charge in [0.1, 0.15) is 0 Å². The van der Waals surface area contributed by atoms with E-state index in [-0.39, 0.29) is 25.0 Å². The summed E-state index contributed by atoms with van der Waals surface area (Å²) in [5, 5.41) is 52.1. The monoisotopic (exact) mass is 575 g/mol. The van der Waals surface area contributed by atoms with Crippen LogP contribution >= 0.6 is 0 Å². The lowest BCUT2D eigenvalue weighted by molar-refractivity contribution is -0.146. The fraction of sp³-hybridized carbons (Fsp3) is 0.794. The summed E-state index contributed by atoms with van der Waals surface area (Å²) in [4.78, 5) is 15.1. The van der Waals surface area contributed by atoms with E-state index in [1.165, 1.54) is 24.8 Å². The highest BCUT2D eigenvalue weighted by Gasteiger charge is 2.44. The van der Waals surface area contributed by atoms with Gasteiger partial charge in [-0.2, -0.15) is 0 Å². The van der Waals surface area contributed by atoms with Gasteiger partial charge in [0, 0.05) is 24.9 Å². The van der Waals surface area contributed by atoms with Crippen molar-refractivity contribution in [3.63, 3.8) is 0 Å². The average Bonchev–Trinajstić information content (AvgIpc) is 3.56. The average molecular weight is 576 g/mol. The molecule has 0 radical (unpaired) electrons. The van der Waals surface area contributed by atoms with E-state index in [2.05, 4.69) is 30.1 Å². The van der Waals surface area contributed by atoms with Crippen LogP contribution in [0.4, 0.5) is 0 Å². The number of hydrogen-bond donors (Lipinski definition) is 6. The zero-order valence-electron chi connectivity index (χ0n) is 25.3. The molecule has 8 unspecified atom stereocenters. The predicted octanol–water partition coefficient (Wildman–Crippen LogP) is 6.01. The fourth-order valence-corrected chi connectivity index (χ4v) is 7.49. The zero-order chi connectivity index (χ0) is 29.7. The minimum atomic E-state index is -0.983. The number of carboxylic acids is 1. The van der Waals surface area contributed by atoms with E-state index in [4.69, 9.17) is 0 Å². The third-order valence-electron chi connectivity index (χ3n) is 9.93. The van der Waals surface area contributed by atoms with Gasteiger partial charge >= 0.3 is 5.97 Å². The normalized spacial score (nSPS) is 29.5. The molecular weight excluding hydrogens is 518 g/mol. The summed E-state index contributed by atoms with van der Waals surface area (Å²) in [6.45, 7) is 2.35. The van der Waals surface area contributed by atoms with E-state index in [0.717, 1.165) is 51.4 Å². The Morgan fingerprint density at radius 3 is 2.49 bits per heavy atom. The molecule has 0 aromatic carbocycles. The number of hydrogen-bond acceptors (Lipinski definition) is 5. The molecule has 1 heterocycles. The summed E-state index contributed by atoms with van der Waals surface area (Å²) in [7, 11) is 0. The molecule has 1 saturated carbocycles. The quantitative estimate of drug-likeness (QED) is 0.0833. The van der Waals surface area contributed by atoms with Gasteiger partial charge in [-0.3, -0.25) is 4.79 Å². The molecule has 7 nitrogen and oxygen atoms in total. The van der Waals surface area contributed by atoms with Gasteiger partial charge in [0.25, 0.3) is 0 Å². The van der Waals surface area contributed by atoms with E-state index < -0.39 is 23.6 Å². The van der Waals surface area contributed by atoms with E-state index in [1.54, 1.807) is 0 Å². The maximum atomic E-state index is 12.0. The van der Waals surface area contributed by atoms with Gasteiger partial charge in [-0.1, -0.05) is 57.6 Å². The molecule has 3 rings (SSSR count). The number of aliphatic carboxylic acids is 1. The first-order chi connectivity index (χ1) is 19.7. The predicted molar refractivity (Wildman–Crippen MR) is 162 cm³/mol. The van der Waals surface area contributed by atoms with Crippen LogP contribution in [0.25, 0.3) is 0 Å². The summed E-state index contributed by atoms with van der Waals surface area (Å²) in [5.74, 6) is -0.512. The van der Waals surface area contributed by atoms with Gasteiger partial charge in [0.05, 0.1) is 23.7 Å². The van der Waals surface area contributed by atoms with Gasteiger partial charge in [0.2, 0.25) is 0 Å². The van der Waals surface area contributed by atoms with Crippen molar-refractivity contribution >= 4 is 5.97 Å². The molecule has 8 atom stereocenters. The van der Waals surface area contributed by atoms with Crippen molar-refractivity contribution < 1.29 is 30.3 Å². The van der Waals surface area contributed by atoms with Gasteiger partial charge in [0.15, 0.2) is 0 Å². The van der Waals surface area contributed by atoms with Gasteiger partial charge in [-0.25, -0.2) is 0 Å². The van der Waals surface area contributed by atoms with Crippen molar-refractivity contribution in [3.8, 4) is 0 Å². The number of aromatic nitrogens is 1. The highest BCUT2D eigenvalue weighted by molar-refractivity contribution is 5.70. The lowest BCUT2D eigenvalue weighted by atomic mass is 9.81. The van der Waals surface area contributed by atoms with Crippen LogP contribution in [0.5, 0.6) is 0 Å².